The van der Waals surface area contributed by atoms with Gasteiger partial charge in [0.05, 0.1) is 6.20 Å². The zero-order valence-electron chi connectivity index (χ0n) is 16.4. The number of aromatic amines is 1. The van der Waals surface area contributed by atoms with Crippen LogP contribution in [-0.2, 0) is 0 Å². The number of benzene rings is 2. The molecule has 2 atom stereocenters. The van der Waals surface area contributed by atoms with Crippen molar-refractivity contribution in [3.8, 4) is 11.1 Å². The fourth-order valence-electron chi connectivity index (χ4n) is 4.47. The van der Waals surface area contributed by atoms with Crippen LogP contribution in [0.4, 0.5) is 0 Å². The number of nitrogens with one attached hydrogen (secondary N) is 2. The lowest BCUT2D eigenvalue weighted by atomic mass is 9.97. The molecular weight excluding hydrogens is 407 g/mol. The van der Waals surface area contributed by atoms with Gasteiger partial charge in [0.2, 0.25) is 0 Å². The van der Waals surface area contributed by atoms with Gasteiger partial charge in [0.1, 0.15) is 0 Å². The van der Waals surface area contributed by atoms with Crippen molar-refractivity contribution in [2.75, 3.05) is 19.6 Å². The molecule has 3 aliphatic heterocycles. The van der Waals surface area contributed by atoms with Crippen molar-refractivity contribution in [3.63, 3.8) is 0 Å². The number of rotatable bonds is 2. The van der Waals surface area contributed by atoms with E-state index in [1.54, 1.807) is 0 Å². The standard InChI is InChI=1S/C22H24N4O.2ClH/c1-14-21(11-24-25-14)18-5-3-17-9-19(6-4-16(17)8-18)22(27)26-12-15-2-7-20(13-26)23-10-15;;/h3-6,8-9,11,15,20,23H,2,7,10,12-13H2,1H3,(H,24,25);2*1H/t15-,20-;;/m0../s1. The molecule has 3 fully saturated rings. The number of H-pyrrole nitrogens is 1. The molecule has 1 amide bonds. The van der Waals surface area contributed by atoms with Gasteiger partial charge in [0, 0.05) is 36.0 Å². The van der Waals surface area contributed by atoms with Crippen molar-refractivity contribution < 1.29 is 4.79 Å². The Bertz CT molecular complexity index is 997. The first kappa shape index (κ1) is 21.6. The summed E-state index contributed by atoms with van der Waals surface area (Å²) >= 11 is 0. The Balaban J connectivity index is 0.00000120. The van der Waals surface area contributed by atoms with Crippen molar-refractivity contribution in [1.29, 1.82) is 0 Å². The summed E-state index contributed by atoms with van der Waals surface area (Å²) in [7, 11) is 0. The van der Waals surface area contributed by atoms with Crippen molar-refractivity contribution >= 4 is 41.5 Å². The summed E-state index contributed by atoms with van der Waals surface area (Å²) in [6.45, 7) is 4.77. The maximum absolute atomic E-state index is 13.1. The fraction of sp³-hybridized carbons (Fsp3) is 0.364. The molecule has 2 aromatic carbocycles. The minimum atomic E-state index is 0. The molecule has 3 aromatic rings. The zero-order valence-corrected chi connectivity index (χ0v) is 18.0. The molecule has 3 saturated heterocycles. The normalized spacial score (nSPS) is 20.7. The topological polar surface area (TPSA) is 61.0 Å². The highest BCUT2D eigenvalue weighted by molar-refractivity contribution is 5.99. The summed E-state index contributed by atoms with van der Waals surface area (Å²) in [4.78, 5) is 15.1. The molecule has 5 nitrogen and oxygen atoms in total. The van der Waals surface area contributed by atoms with Crippen LogP contribution in [0, 0.1) is 12.8 Å². The highest BCUT2D eigenvalue weighted by Crippen LogP contribution is 2.28. The van der Waals surface area contributed by atoms with E-state index in [0.717, 1.165) is 52.8 Å². The van der Waals surface area contributed by atoms with Crippen molar-refractivity contribution in [2.45, 2.75) is 25.8 Å². The molecule has 0 saturated carbocycles. The molecular formula is C22H26Cl2N4O. The monoisotopic (exact) mass is 432 g/mol. The van der Waals surface area contributed by atoms with E-state index in [4.69, 9.17) is 0 Å². The van der Waals surface area contributed by atoms with Crippen LogP contribution >= 0.6 is 24.8 Å². The number of halogens is 2. The first-order valence-electron chi connectivity index (χ1n) is 9.74. The molecule has 6 rings (SSSR count). The number of hydrogen-bond acceptors (Lipinski definition) is 3. The van der Waals surface area contributed by atoms with Crippen LogP contribution < -0.4 is 5.32 Å². The number of fused-ring (bicyclic) bond motifs is 5. The highest BCUT2D eigenvalue weighted by Gasteiger charge is 2.31. The molecule has 0 spiro atoms. The average Bonchev–Trinajstić information content (AvgIpc) is 2.91. The van der Waals surface area contributed by atoms with Crippen LogP contribution in [0.25, 0.3) is 21.9 Å². The highest BCUT2D eigenvalue weighted by atomic mass is 35.5. The summed E-state index contributed by atoms with van der Waals surface area (Å²) < 4.78 is 0. The van der Waals surface area contributed by atoms with Gasteiger partial charge in [-0.2, -0.15) is 5.10 Å². The van der Waals surface area contributed by atoms with Crippen molar-refractivity contribution in [3.05, 3.63) is 53.9 Å². The molecule has 3 aliphatic rings. The van der Waals surface area contributed by atoms with E-state index in [9.17, 15) is 4.79 Å². The van der Waals surface area contributed by atoms with E-state index in [1.165, 1.54) is 12.8 Å². The van der Waals surface area contributed by atoms with Gasteiger partial charge in [-0.1, -0.05) is 18.2 Å². The minimum Gasteiger partial charge on any atom is -0.337 e. The van der Waals surface area contributed by atoms with E-state index in [2.05, 4.69) is 39.8 Å². The fourth-order valence-corrected chi connectivity index (χ4v) is 4.47. The third kappa shape index (κ3) is 4.13. The minimum absolute atomic E-state index is 0. The molecule has 2 bridgehead atoms. The summed E-state index contributed by atoms with van der Waals surface area (Å²) in [5.41, 5.74) is 4.11. The maximum Gasteiger partial charge on any atom is 0.253 e. The largest absolute Gasteiger partial charge is 0.337 e. The molecule has 154 valence electrons. The lowest BCUT2D eigenvalue weighted by Gasteiger charge is -2.23. The SMILES string of the molecule is Cc1[nH]ncc1-c1ccc2cc(C(=O)N3C[C@H]4CC[C@@H](C3)NC4)ccc2c1.Cl.Cl. The molecule has 0 unspecified atom stereocenters. The Labute approximate surface area is 183 Å². The number of carbonyl (C=O) groups is 1. The number of nitrogens with zero attached hydrogens (tertiary/aromatic N) is 2. The summed E-state index contributed by atoms with van der Waals surface area (Å²) in [6, 6.07) is 12.9. The second-order valence-electron chi connectivity index (χ2n) is 7.94. The smallest absolute Gasteiger partial charge is 0.253 e. The first-order valence-corrected chi connectivity index (χ1v) is 9.74. The second kappa shape index (κ2) is 8.74. The van der Waals surface area contributed by atoms with Crippen LogP contribution in [0.1, 0.15) is 28.9 Å². The second-order valence-corrected chi connectivity index (χ2v) is 7.94. The number of hydrogen-bond donors (Lipinski definition) is 2. The number of aromatic nitrogens is 2. The zero-order chi connectivity index (χ0) is 18.4. The van der Waals surface area contributed by atoms with E-state index in [0.29, 0.717) is 12.0 Å². The van der Waals surface area contributed by atoms with Gasteiger partial charge in [-0.25, -0.2) is 0 Å². The van der Waals surface area contributed by atoms with Gasteiger partial charge in [0.15, 0.2) is 0 Å². The lowest BCUT2D eigenvalue weighted by Crippen LogP contribution is -2.40. The third-order valence-electron chi connectivity index (χ3n) is 6.05. The van der Waals surface area contributed by atoms with Crippen LogP contribution in [0.5, 0.6) is 0 Å². The quantitative estimate of drug-likeness (QED) is 0.637. The number of aryl methyl sites for hydroxylation is 1. The Morgan fingerprint density at radius 2 is 1.86 bits per heavy atom. The molecule has 7 heteroatoms. The summed E-state index contributed by atoms with van der Waals surface area (Å²) in [6.07, 6.45) is 4.27. The van der Waals surface area contributed by atoms with Crippen LogP contribution in [-0.4, -0.2) is 46.7 Å². The molecule has 1 aromatic heterocycles. The number of carbonyl (C=O) groups excluding carboxylic acids is 1. The van der Waals surface area contributed by atoms with Crippen LogP contribution in [0.2, 0.25) is 0 Å². The van der Waals surface area contributed by atoms with E-state index in [-0.39, 0.29) is 30.7 Å². The van der Waals surface area contributed by atoms with Crippen LogP contribution in [0.15, 0.2) is 42.6 Å². The van der Waals surface area contributed by atoms with Crippen molar-refractivity contribution in [1.82, 2.24) is 20.4 Å². The lowest BCUT2D eigenvalue weighted by molar-refractivity contribution is 0.0749. The van der Waals surface area contributed by atoms with Crippen molar-refractivity contribution in [2.24, 2.45) is 5.92 Å². The molecule has 4 heterocycles. The van der Waals surface area contributed by atoms with Crippen LogP contribution in [0.3, 0.4) is 0 Å². The predicted molar refractivity (Wildman–Crippen MR) is 121 cm³/mol. The summed E-state index contributed by atoms with van der Waals surface area (Å²) in [5.74, 6) is 0.751. The van der Waals surface area contributed by atoms with Gasteiger partial charge in [-0.05, 0) is 66.8 Å². The third-order valence-corrected chi connectivity index (χ3v) is 6.05. The Kier molecular flexibility index (Phi) is 6.52. The summed E-state index contributed by atoms with van der Waals surface area (Å²) in [5, 5.41) is 12.9. The number of amides is 1. The average molecular weight is 433 g/mol. The van der Waals surface area contributed by atoms with Gasteiger partial charge in [0.25, 0.3) is 5.91 Å². The Morgan fingerprint density at radius 3 is 2.59 bits per heavy atom. The van der Waals surface area contributed by atoms with Gasteiger partial charge < -0.3 is 10.2 Å². The Hall–Kier alpha value is -2.08. The molecule has 29 heavy (non-hydrogen) atoms. The van der Waals surface area contributed by atoms with E-state index >= 15 is 0 Å². The predicted octanol–water partition coefficient (Wildman–Crippen LogP) is 4.21. The molecule has 0 aliphatic carbocycles. The van der Waals surface area contributed by atoms with Gasteiger partial charge >= 0.3 is 0 Å². The van der Waals surface area contributed by atoms with E-state index < -0.39 is 0 Å². The van der Waals surface area contributed by atoms with Gasteiger partial charge in [-0.15, -0.1) is 24.8 Å². The first-order chi connectivity index (χ1) is 13.2. The Morgan fingerprint density at radius 1 is 1.07 bits per heavy atom. The molecule has 0 radical (unpaired) electrons. The maximum atomic E-state index is 13.1. The molecule has 2 N–H and O–H groups in total. The van der Waals surface area contributed by atoms with Gasteiger partial charge in [-0.3, -0.25) is 9.89 Å². The van der Waals surface area contributed by atoms with E-state index in [1.807, 2.05) is 30.2 Å². The number of piperidine rings is 1.